The molecule has 1 rings (SSSR count). The van der Waals surface area contributed by atoms with E-state index in [0.29, 0.717) is 0 Å². The lowest BCUT2D eigenvalue weighted by Crippen LogP contribution is -2.53. The monoisotopic (exact) mass is 252 g/mol. The van der Waals surface area contributed by atoms with Gasteiger partial charge in [-0.3, -0.25) is 9.59 Å². The number of nitrogens with one attached hydrogen (secondary N) is 1. The van der Waals surface area contributed by atoms with E-state index >= 15 is 0 Å². The van der Waals surface area contributed by atoms with Crippen molar-refractivity contribution in [2.24, 2.45) is 5.73 Å². The molecule has 0 spiro atoms. The first-order valence-electron chi connectivity index (χ1n) is 5.28. The topological polar surface area (TPSA) is 102 Å². The summed E-state index contributed by atoms with van der Waals surface area (Å²) in [7, 11) is 1.38. The Morgan fingerprint density at radius 2 is 2.00 bits per heavy atom. The van der Waals surface area contributed by atoms with Gasteiger partial charge >= 0.3 is 0 Å². The molecule has 0 saturated heterocycles. The second-order valence-electron chi connectivity index (χ2n) is 4.30. The molecular formula is C12H16N2O4. The van der Waals surface area contributed by atoms with Crippen LogP contribution >= 0.6 is 0 Å². The van der Waals surface area contributed by atoms with E-state index in [4.69, 9.17) is 10.5 Å². The van der Waals surface area contributed by atoms with E-state index in [1.807, 2.05) is 0 Å². The van der Waals surface area contributed by atoms with Crippen molar-refractivity contribution >= 4 is 11.8 Å². The third-order valence-corrected chi connectivity index (χ3v) is 2.51. The summed E-state index contributed by atoms with van der Waals surface area (Å²) < 4.78 is 4.89. The van der Waals surface area contributed by atoms with Crippen LogP contribution in [0.25, 0.3) is 0 Å². The van der Waals surface area contributed by atoms with Crippen molar-refractivity contribution in [2.75, 3.05) is 7.11 Å². The summed E-state index contributed by atoms with van der Waals surface area (Å²) in [5.41, 5.74) is 3.97. The van der Waals surface area contributed by atoms with Crippen LogP contribution in [-0.4, -0.2) is 29.6 Å². The first-order chi connectivity index (χ1) is 8.29. The predicted molar refractivity (Wildman–Crippen MR) is 65.4 cm³/mol. The highest BCUT2D eigenvalue weighted by Gasteiger charge is 2.28. The molecule has 0 bridgehead atoms. The molecule has 1 aromatic carbocycles. The fourth-order valence-corrected chi connectivity index (χ4v) is 1.28. The van der Waals surface area contributed by atoms with Gasteiger partial charge in [0, 0.05) is 0 Å². The van der Waals surface area contributed by atoms with Crippen LogP contribution in [0.1, 0.15) is 24.2 Å². The quantitative estimate of drug-likeness (QED) is 0.721. The van der Waals surface area contributed by atoms with E-state index in [-0.39, 0.29) is 17.1 Å². The normalized spacial score (nSPS) is 10.8. The highest BCUT2D eigenvalue weighted by atomic mass is 16.5. The summed E-state index contributed by atoms with van der Waals surface area (Å²) >= 11 is 0. The Labute approximate surface area is 105 Å². The average molecular weight is 252 g/mol. The van der Waals surface area contributed by atoms with Crippen molar-refractivity contribution in [1.29, 1.82) is 0 Å². The number of benzene rings is 1. The van der Waals surface area contributed by atoms with Crippen LogP contribution in [0.3, 0.4) is 0 Å². The third-order valence-electron chi connectivity index (χ3n) is 2.51. The lowest BCUT2D eigenvalue weighted by molar-refractivity contribution is -0.122. The SMILES string of the molecule is COc1cccc(C(=O)NC(C)(C)C(N)=O)c1O. The maximum absolute atomic E-state index is 11.9. The maximum atomic E-state index is 11.9. The molecule has 0 radical (unpaired) electrons. The molecule has 0 aromatic heterocycles. The van der Waals surface area contributed by atoms with Gasteiger partial charge in [-0.15, -0.1) is 0 Å². The van der Waals surface area contributed by atoms with Crippen LogP contribution in [0.15, 0.2) is 18.2 Å². The van der Waals surface area contributed by atoms with Crippen LogP contribution in [0.4, 0.5) is 0 Å². The lowest BCUT2D eigenvalue weighted by atomic mass is 10.0. The van der Waals surface area contributed by atoms with Gasteiger partial charge in [0.05, 0.1) is 12.7 Å². The molecule has 0 atom stereocenters. The number of carbonyl (C=O) groups excluding carboxylic acids is 2. The number of aromatic hydroxyl groups is 1. The van der Waals surface area contributed by atoms with Crippen LogP contribution in [0.2, 0.25) is 0 Å². The van der Waals surface area contributed by atoms with Crippen LogP contribution in [0.5, 0.6) is 11.5 Å². The minimum atomic E-state index is -1.20. The van der Waals surface area contributed by atoms with E-state index in [1.165, 1.54) is 33.1 Å². The number of ether oxygens (including phenoxy) is 1. The molecule has 4 N–H and O–H groups in total. The van der Waals surface area contributed by atoms with Gasteiger partial charge in [-0.2, -0.15) is 0 Å². The number of amides is 2. The number of hydrogen-bond acceptors (Lipinski definition) is 4. The molecule has 6 nitrogen and oxygen atoms in total. The van der Waals surface area contributed by atoms with Gasteiger partial charge in [-0.1, -0.05) is 6.07 Å². The second-order valence-corrected chi connectivity index (χ2v) is 4.30. The Kier molecular flexibility index (Phi) is 3.80. The van der Waals surface area contributed by atoms with E-state index in [0.717, 1.165) is 0 Å². The molecule has 18 heavy (non-hydrogen) atoms. The van der Waals surface area contributed by atoms with Gasteiger partial charge in [0.25, 0.3) is 5.91 Å². The Balaban J connectivity index is 3.02. The summed E-state index contributed by atoms with van der Waals surface area (Å²) in [6.07, 6.45) is 0. The second kappa shape index (κ2) is 4.95. The fraction of sp³-hybridized carbons (Fsp3) is 0.333. The summed E-state index contributed by atoms with van der Waals surface area (Å²) in [6.45, 7) is 2.95. The molecule has 0 aliphatic rings. The van der Waals surface area contributed by atoms with Crippen molar-refractivity contribution in [2.45, 2.75) is 19.4 Å². The van der Waals surface area contributed by atoms with Gasteiger partial charge in [0.2, 0.25) is 5.91 Å². The Bertz CT molecular complexity index is 483. The number of nitrogens with two attached hydrogens (primary N) is 1. The third kappa shape index (κ3) is 2.71. The minimum absolute atomic E-state index is 0.0173. The molecule has 0 saturated carbocycles. The van der Waals surface area contributed by atoms with Crippen LogP contribution < -0.4 is 15.8 Å². The molecule has 0 aliphatic heterocycles. The van der Waals surface area contributed by atoms with Gasteiger partial charge in [-0.25, -0.2) is 0 Å². The summed E-state index contributed by atoms with van der Waals surface area (Å²) in [5, 5.41) is 12.2. The van der Waals surface area contributed by atoms with Gasteiger partial charge in [0.15, 0.2) is 11.5 Å². The molecule has 0 fully saturated rings. The van der Waals surface area contributed by atoms with Gasteiger partial charge < -0.3 is 20.9 Å². The Morgan fingerprint density at radius 1 is 1.39 bits per heavy atom. The molecule has 1 aromatic rings. The number of primary amides is 1. The number of para-hydroxylation sites is 1. The van der Waals surface area contributed by atoms with Crippen molar-refractivity contribution < 1.29 is 19.4 Å². The molecule has 6 heteroatoms. The molecular weight excluding hydrogens is 236 g/mol. The zero-order valence-electron chi connectivity index (χ0n) is 10.5. The van der Waals surface area contributed by atoms with Crippen molar-refractivity contribution in [1.82, 2.24) is 5.32 Å². The van der Waals surface area contributed by atoms with E-state index in [2.05, 4.69) is 5.32 Å². The van der Waals surface area contributed by atoms with Gasteiger partial charge in [0.1, 0.15) is 5.54 Å². The zero-order valence-corrected chi connectivity index (χ0v) is 10.5. The number of methoxy groups -OCH3 is 1. The number of phenols is 1. The number of carbonyl (C=O) groups is 2. The zero-order chi connectivity index (χ0) is 13.9. The van der Waals surface area contributed by atoms with E-state index < -0.39 is 17.4 Å². The molecule has 2 amide bonds. The molecule has 0 heterocycles. The smallest absolute Gasteiger partial charge is 0.256 e. The fourth-order valence-electron chi connectivity index (χ4n) is 1.28. The predicted octanol–water partition coefficient (Wildman–Crippen LogP) is 0.395. The van der Waals surface area contributed by atoms with Gasteiger partial charge in [-0.05, 0) is 26.0 Å². The van der Waals surface area contributed by atoms with Crippen molar-refractivity contribution in [3.05, 3.63) is 23.8 Å². The average Bonchev–Trinajstić information content (AvgIpc) is 2.28. The first kappa shape index (κ1) is 13.8. The maximum Gasteiger partial charge on any atom is 0.256 e. The summed E-state index contributed by atoms with van der Waals surface area (Å²) in [5.74, 6) is -1.37. The van der Waals surface area contributed by atoms with E-state index in [9.17, 15) is 14.7 Å². The molecule has 98 valence electrons. The Morgan fingerprint density at radius 3 is 2.50 bits per heavy atom. The minimum Gasteiger partial charge on any atom is -0.504 e. The van der Waals surface area contributed by atoms with E-state index in [1.54, 1.807) is 6.07 Å². The number of rotatable bonds is 4. The lowest BCUT2D eigenvalue weighted by Gasteiger charge is -2.22. The van der Waals surface area contributed by atoms with Crippen molar-refractivity contribution in [3.63, 3.8) is 0 Å². The number of phenolic OH excluding ortho intramolecular Hbond substituents is 1. The van der Waals surface area contributed by atoms with Crippen molar-refractivity contribution in [3.8, 4) is 11.5 Å². The van der Waals surface area contributed by atoms with Crippen LogP contribution in [0, 0.1) is 0 Å². The first-order valence-corrected chi connectivity index (χ1v) is 5.28. The highest BCUT2D eigenvalue weighted by molar-refractivity contribution is 6.01. The molecule has 0 unspecified atom stereocenters. The summed E-state index contributed by atoms with van der Waals surface area (Å²) in [6, 6.07) is 4.50. The number of hydrogen-bond donors (Lipinski definition) is 3. The summed E-state index contributed by atoms with van der Waals surface area (Å²) in [4.78, 5) is 23.0. The van der Waals surface area contributed by atoms with Crippen LogP contribution in [-0.2, 0) is 4.79 Å². The Hall–Kier alpha value is -2.24. The highest BCUT2D eigenvalue weighted by Crippen LogP contribution is 2.29. The standard InChI is InChI=1S/C12H16N2O4/c1-12(2,11(13)17)14-10(16)7-5-4-6-8(18-3)9(7)15/h4-6,15H,1-3H3,(H2,13,17)(H,14,16). The largest absolute Gasteiger partial charge is 0.504 e. The molecule has 0 aliphatic carbocycles.